The van der Waals surface area contributed by atoms with Crippen LogP contribution >= 0.6 is 0 Å². The first kappa shape index (κ1) is 17.4. The van der Waals surface area contributed by atoms with Crippen LogP contribution in [-0.2, 0) is 27.8 Å². The molecular formula is C18H26N2O3S. The third-order valence-electron chi connectivity index (χ3n) is 5.20. The van der Waals surface area contributed by atoms with E-state index in [1.807, 2.05) is 17.0 Å². The molecular weight excluding hydrogens is 324 g/mol. The first-order valence-electron chi connectivity index (χ1n) is 8.74. The van der Waals surface area contributed by atoms with Gasteiger partial charge in [-0.25, -0.2) is 12.7 Å². The number of benzene rings is 1. The van der Waals surface area contributed by atoms with Crippen molar-refractivity contribution in [1.82, 2.24) is 9.21 Å². The SMILES string of the molecule is CC(C)S(=O)(=O)N1CCC(C(=O)N2CCc3ccccc3C2)CC1. The topological polar surface area (TPSA) is 57.7 Å². The summed E-state index contributed by atoms with van der Waals surface area (Å²) in [5.74, 6) is 0.139. The second-order valence-corrected chi connectivity index (χ2v) is 9.53. The second-order valence-electron chi connectivity index (χ2n) is 7.05. The van der Waals surface area contributed by atoms with Gasteiger partial charge in [0.05, 0.1) is 5.25 Å². The summed E-state index contributed by atoms with van der Waals surface area (Å²) < 4.78 is 26.0. The summed E-state index contributed by atoms with van der Waals surface area (Å²) in [7, 11) is -3.21. The number of nitrogens with zero attached hydrogens (tertiary/aromatic N) is 2. The van der Waals surface area contributed by atoms with Gasteiger partial charge >= 0.3 is 0 Å². The summed E-state index contributed by atoms with van der Waals surface area (Å²) in [4.78, 5) is 14.8. The molecule has 0 N–H and O–H groups in total. The molecule has 5 nitrogen and oxygen atoms in total. The molecule has 0 saturated carbocycles. The largest absolute Gasteiger partial charge is 0.338 e. The molecule has 0 bridgehead atoms. The van der Waals surface area contributed by atoms with Gasteiger partial charge in [-0.3, -0.25) is 4.79 Å². The summed E-state index contributed by atoms with van der Waals surface area (Å²) in [6.45, 7) is 5.78. The Labute approximate surface area is 144 Å². The Morgan fingerprint density at radius 2 is 1.71 bits per heavy atom. The monoisotopic (exact) mass is 350 g/mol. The number of piperidine rings is 1. The minimum Gasteiger partial charge on any atom is -0.338 e. The quantitative estimate of drug-likeness (QED) is 0.838. The number of carbonyl (C=O) groups excluding carboxylic acids is 1. The van der Waals surface area contributed by atoms with Gasteiger partial charge < -0.3 is 4.90 Å². The molecule has 2 heterocycles. The molecule has 1 fully saturated rings. The van der Waals surface area contributed by atoms with E-state index in [4.69, 9.17) is 0 Å². The average Bonchev–Trinajstić information content (AvgIpc) is 2.60. The smallest absolute Gasteiger partial charge is 0.226 e. The minimum absolute atomic E-state index is 0.0473. The lowest BCUT2D eigenvalue weighted by molar-refractivity contribution is -0.137. The predicted molar refractivity (Wildman–Crippen MR) is 93.9 cm³/mol. The van der Waals surface area contributed by atoms with E-state index in [0.29, 0.717) is 32.5 Å². The number of hydrogen-bond acceptors (Lipinski definition) is 3. The number of hydrogen-bond donors (Lipinski definition) is 0. The molecule has 1 aromatic rings. The molecule has 2 aliphatic heterocycles. The van der Waals surface area contributed by atoms with Gasteiger partial charge in [-0.1, -0.05) is 24.3 Å². The molecule has 0 aromatic heterocycles. The van der Waals surface area contributed by atoms with Gasteiger partial charge in [-0.05, 0) is 44.2 Å². The van der Waals surface area contributed by atoms with Crippen LogP contribution in [0, 0.1) is 5.92 Å². The first-order chi connectivity index (χ1) is 11.4. The standard InChI is InChI=1S/C18H26N2O3S/c1-14(2)24(22,23)20-11-8-16(9-12-20)18(21)19-10-7-15-5-3-4-6-17(15)13-19/h3-6,14,16H,7-13H2,1-2H3. The fraction of sp³-hybridized carbons (Fsp3) is 0.611. The fourth-order valence-electron chi connectivity index (χ4n) is 3.60. The van der Waals surface area contributed by atoms with Crippen LogP contribution in [0.5, 0.6) is 0 Å². The van der Waals surface area contributed by atoms with Gasteiger partial charge in [0.15, 0.2) is 0 Å². The van der Waals surface area contributed by atoms with E-state index < -0.39 is 15.3 Å². The summed E-state index contributed by atoms with van der Waals surface area (Å²) in [5.41, 5.74) is 2.57. The lowest BCUT2D eigenvalue weighted by atomic mass is 9.94. The van der Waals surface area contributed by atoms with Crippen molar-refractivity contribution in [2.75, 3.05) is 19.6 Å². The van der Waals surface area contributed by atoms with E-state index in [1.165, 1.54) is 11.1 Å². The van der Waals surface area contributed by atoms with Crippen LogP contribution in [0.15, 0.2) is 24.3 Å². The molecule has 2 aliphatic rings. The second kappa shape index (κ2) is 6.84. The van der Waals surface area contributed by atoms with Gasteiger partial charge in [0.2, 0.25) is 15.9 Å². The van der Waals surface area contributed by atoms with Gasteiger partial charge in [0.1, 0.15) is 0 Å². The fourth-order valence-corrected chi connectivity index (χ4v) is 4.91. The normalized spacial score (nSPS) is 20.2. The van der Waals surface area contributed by atoms with Crippen molar-refractivity contribution < 1.29 is 13.2 Å². The summed E-state index contributed by atoms with van der Waals surface area (Å²) in [6.07, 6.45) is 2.16. The number of amides is 1. The van der Waals surface area contributed by atoms with E-state index in [-0.39, 0.29) is 11.8 Å². The lowest BCUT2D eigenvalue weighted by Crippen LogP contribution is -2.46. The molecule has 1 amide bonds. The zero-order valence-corrected chi connectivity index (χ0v) is 15.3. The molecule has 0 aliphatic carbocycles. The van der Waals surface area contributed by atoms with Gasteiger partial charge in [-0.15, -0.1) is 0 Å². The van der Waals surface area contributed by atoms with Crippen LogP contribution in [0.25, 0.3) is 0 Å². The van der Waals surface area contributed by atoms with Crippen molar-refractivity contribution >= 4 is 15.9 Å². The van der Waals surface area contributed by atoms with Gasteiger partial charge in [0, 0.05) is 32.1 Å². The molecule has 0 spiro atoms. The van der Waals surface area contributed by atoms with Crippen molar-refractivity contribution in [3.63, 3.8) is 0 Å². The maximum atomic E-state index is 12.8. The third-order valence-corrected chi connectivity index (χ3v) is 7.48. The molecule has 132 valence electrons. The van der Waals surface area contributed by atoms with Crippen LogP contribution in [0.2, 0.25) is 0 Å². The lowest BCUT2D eigenvalue weighted by Gasteiger charge is -2.36. The Balaban J connectivity index is 1.60. The van der Waals surface area contributed by atoms with Crippen LogP contribution < -0.4 is 0 Å². The highest BCUT2D eigenvalue weighted by molar-refractivity contribution is 7.89. The van der Waals surface area contributed by atoms with E-state index >= 15 is 0 Å². The Morgan fingerprint density at radius 1 is 1.08 bits per heavy atom. The van der Waals surface area contributed by atoms with Crippen molar-refractivity contribution in [1.29, 1.82) is 0 Å². The maximum absolute atomic E-state index is 12.8. The Kier molecular flexibility index (Phi) is 4.97. The number of carbonyl (C=O) groups is 1. The molecule has 24 heavy (non-hydrogen) atoms. The van der Waals surface area contributed by atoms with Gasteiger partial charge in [-0.2, -0.15) is 0 Å². The highest BCUT2D eigenvalue weighted by Crippen LogP contribution is 2.26. The summed E-state index contributed by atoms with van der Waals surface area (Å²) >= 11 is 0. The van der Waals surface area contributed by atoms with Crippen LogP contribution in [0.3, 0.4) is 0 Å². The molecule has 3 rings (SSSR count). The van der Waals surface area contributed by atoms with Crippen LogP contribution in [0.1, 0.15) is 37.8 Å². The number of rotatable bonds is 3. The third kappa shape index (κ3) is 3.35. The van der Waals surface area contributed by atoms with Crippen LogP contribution in [-0.4, -0.2) is 48.4 Å². The van der Waals surface area contributed by atoms with E-state index in [9.17, 15) is 13.2 Å². The van der Waals surface area contributed by atoms with E-state index in [2.05, 4.69) is 12.1 Å². The highest BCUT2D eigenvalue weighted by atomic mass is 32.2. The summed E-state index contributed by atoms with van der Waals surface area (Å²) in [5, 5.41) is -0.400. The molecule has 0 unspecified atom stereocenters. The Hall–Kier alpha value is -1.40. The predicted octanol–water partition coefficient (Wildman–Crippen LogP) is 2.02. The minimum atomic E-state index is -3.21. The van der Waals surface area contributed by atoms with Crippen molar-refractivity contribution in [3.05, 3.63) is 35.4 Å². The van der Waals surface area contributed by atoms with Gasteiger partial charge in [0.25, 0.3) is 0 Å². The van der Waals surface area contributed by atoms with E-state index in [0.717, 1.165) is 13.0 Å². The molecule has 1 aromatic carbocycles. The Morgan fingerprint density at radius 3 is 2.33 bits per heavy atom. The maximum Gasteiger partial charge on any atom is 0.226 e. The molecule has 6 heteroatoms. The average molecular weight is 350 g/mol. The summed E-state index contributed by atoms with van der Waals surface area (Å²) in [6, 6.07) is 8.28. The van der Waals surface area contributed by atoms with E-state index in [1.54, 1.807) is 18.2 Å². The Bertz CT molecular complexity index is 707. The zero-order valence-electron chi connectivity index (χ0n) is 14.4. The van der Waals surface area contributed by atoms with Crippen LogP contribution in [0.4, 0.5) is 0 Å². The van der Waals surface area contributed by atoms with Crippen molar-refractivity contribution in [2.24, 2.45) is 5.92 Å². The zero-order chi connectivity index (χ0) is 17.3. The van der Waals surface area contributed by atoms with Crippen molar-refractivity contribution in [2.45, 2.75) is 44.9 Å². The number of sulfonamides is 1. The number of fused-ring (bicyclic) bond motifs is 1. The highest BCUT2D eigenvalue weighted by Gasteiger charge is 2.34. The molecule has 0 radical (unpaired) electrons. The molecule has 1 saturated heterocycles. The van der Waals surface area contributed by atoms with Crippen molar-refractivity contribution in [3.8, 4) is 0 Å². The molecule has 0 atom stereocenters. The first-order valence-corrected chi connectivity index (χ1v) is 10.2.